The van der Waals surface area contributed by atoms with Crippen LogP contribution in [0.5, 0.6) is 5.75 Å². The average molecular weight is 539 g/mol. The van der Waals surface area contributed by atoms with Crippen LogP contribution in [-0.2, 0) is 30.4 Å². The van der Waals surface area contributed by atoms with Gasteiger partial charge in [0.2, 0.25) is 0 Å². The summed E-state index contributed by atoms with van der Waals surface area (Å²) in [5.41, 5.74) is 0.296. The van der Waals surface area contributed by atoms with Crippen LogP contribution in [0.1, 0.15) is 0 Å². The predicted molar refractivity (Wildman–Crippen MR) is 123 cm³/mol. The van der Waals surface area contributed by atoms with Gasteiger partial charge in [-0.15, -0.1) is 5.11 Å². The van der Waals surface area contributed by atoms with Crippen molar-refractivity contribution in [2.75, 3.05) is 0 Å². The van der Waals surface area contributed by atoms with E-state index in [1.807, 2.05) is 0 Å². The third-order valence-electron chi connectivity index (χ3n) is 4.96. The maximum Gasteiger partial charge on any atom is 0.298 e. The Labute approximate surface area is 198 Å². The number of benzene rings is 4. The largest absolute Gasteiger partial charge is 0.505 e. The highest BCUT2D eigenvalue weighted by Crippen LogP contribution is 2.39. The van der Waals surface area contributed by atoms with Gasteiger partial charge in [-0.05, 0) is 35.7 Å². The zero-order valence-corrected chi connectivity index (χ0v) is 19.6. The number of fused-ring (bicyclic) bond motifs is 2. The number of hydrogen-bond acceptors (Lipinski definition) is 9. The van der Waals surface area contributed by atoms with E-state index in [0.717, 1.165) is 18.2 Å². The smallest absolute Gasteiger partial charge is 0.298 e. The summed E-state index contributed by atoms with van der Waals surface area (Å²) >= 11 is 0. The predicted octanol–water partition coefficient (Wildman–Crippen LogP) is 3.85. The van der Waals surface area contributed by atoms with E-state index in [1.165, 1.54) is 24.3 Å². The summed E-state index contributed by atoms with van der Waals surface area (Å²) in [6.45, 7) is 0. The topological polar surface area (TPSA) is 208 Å². The van der Waals surface area contributed by atoms with Gasteiger partial charge in [0.1, 0.15) is 14.7 Å². The molecule has 0 aliphatic carbocycles. The number of hydrogen-bond donors (Lipinski definition) is 4. The first-order chi connectivity index (χ1) is 16.2. The van der Waals surface area contributed by atoms with Crippen LogP contribution in [-0.4, -0.2) is 44.0 Å². The molecule has 0 unspecified atom stereocenters. The van der Waals surface area contributed by atoms with Gasteiger partial charge in [-0.3, -0.25) is 13.7 Å². The Morgan fingerprint density at radius 1 is 0.600 bits per heavy atom. The monoisotopic (exact) mass is 538 g/mol. The molecule has 0 aliphatic heterocycles. The van der Waals surface area contributed by atoms with Gasteiger partial charge in [0.25, 0.3) is 30.4 Å². The van der Waals surface area contributed by atoms with Gasteiger partial charge < -0.3 is 5.11 Å². The van der Waals surface area contributed by atoms with E-state index in [9.17, 15) is 44.0 Å². The maximum absolute atomic E-state index is 11.8. The van der Waals surface area contributed by atoms with Crippen molar-refractivity contribution in [1.82, 2.24) is 0 Å². The molecule has 0 bridgehead atoms. The summed E-state index contributed by atoms with van der Waals surface area (Å²) in [7, 11) is -14.7. The minimum Gasteiger partial charge on any atom is -0.505 e. The lowest BCUT2D eigenvalue weighted by atomic mass is 10.1. The Bertz CT molecular complexity index is 1880. The minimum atomic E-state index is -5.10. The first-order valence-electron chi connectivity index (χ1n) is 9.33. The van der Waals surface area contributed by atoms with E-state index >= 15 is 0 Å². The molecular weight excluding hydrogens is 524 g/mol. The lowest BCUT2D eigenvalue weighted by Crippen LogP contribution is -2.05. The Hall–Kier alpha value is -3.47. The fraction of sp³-hybridized carbons (Fsp3) is 0. The molecule has 15 heteroatoms. The molecule has 0 aromatic heterocycles. The van der Waals surface area contributed by atoms with E-state index in [4.69, 9.17) is 0 Å². The highest BCUT2D eigenvalue weighted by molar-refractivity contribution is 7.87. The van der Waals surface area contributed by atoms with Crippen molar-refractivity contribution < 1.29 is 44.0 Å². The number of azo groups is 1. The molecule has 4 aromatic rings. The second-order valence-electron chi connectivity index (χ2n) is 7.21. The summed E-state index contributed by atoms with van der Waals surface area (Å²) in [5, 5.41) is 18.3. The molecule has 4 aromatic carbocycles. The molecule has 0 fully saturated rings. The van der Waals surface area contributed by atoms with Crippen LogP contribution in [0.4, 0.5) is 11.4 Å². The average Bonchev–Trinajstić information content (AvgIpc) is 2.74. The van der Waals surface area contributed by atoms with Crippen LogP contribution >= 0.6 is 0 Å². The first kappa shape index (κ1) is 24.6. The SMILES string of the molecule is O=S(=O)(O)c1cc2cc(N=Nc3ccc(S(=O)(=O)O)c4ccccc34)ccc2c(S(=O)(=O)O)c1O. The van der Waals surface area contributed by atoms with Crippen LogP contribution < -0.4 is 0 Å². The third-order valence-corrected chi connectivity index (χ3v) is 7.67. The fourth-order valence-corrected chi connectivity index (χ4v) is 5.73. The second kappa shape index (κ2) is 8.33. The zero-order chi connectivity index (χ0) is 25.8. The van der Waals surface area contributed by atoms with Gasteiger partial charge in [0.15, 0.2) is 5.75 Å². The van der Waals surface area contributed by atoms with Crippen LogP contribution in [0, 0.1) is 0 Å². The molecule has 0 heterocycles. The van der Waals surface area contributed by atoms with Crippen molar-refractivity contribution >= 4 is 63.3 Å². The first-order valence-corrected chi connectivity index (χ1v) is 13.7. The number of aromatic hydroxyl groups is 1. The Kier molecular flexibility index (Phi) is 5.87. The second-order valence-corrected chi connectivity index (χ2v) is 11.3. The molecule has 0 amide bonds. The summed E-state index contributed by atoms with van der Waals surface area (Å²) in [5.74, 6) is -1.35. The lowest BCUT2D eigenvalue weighted by molar-refractivity contribution is 0.425. The summed E-state index contributed by atoms with van der Waals surface area (Å²) < 4.78 is 98.4. The molecule has 0 spiro atoms. The van der Waals surface area contributed by atoms with Crippen LogP contribution in [0.15, 0.2) is 85.6 Å². The van der Waals surface area contributed by atoms with Crippen molar-refractivity contribution in [3.05, 3.63) is 60.7 Å². The molecule has 0 saturated carbocycles. The number of phenolic OH excluding ortho intramolecular Hbond substituents is 1. The zero-order valence-electron chi connectivity index (χ0n) is 17.1. The third kappa shape index (κ3) is 4.72. The van der Waals surface area contributed by atoms with E-state index in [-0.39, 0.29) is 32.4 Å². The van der Waals surface area contributed by atoms with Crippen LogP contribution in [0.2, 0.25) is 0 Å². The minimum absolute atomic E-state index is 0.0775. The maximum atomic E-state index is 11.8. The van der Waals surface area contributed by atoms with Gasteiger partial charge in [-0.1, -0.05) is 30.3 Å². The van der Waals surface area contributed by atoms with Gasteiger partial charge in [0, 0.05) is 16.2 Å². The van der Waals surface area contributed by atoms with Crippen molar-refractivity contribution in [3.8, 4) is 5.75 Å². The molecule has 4 rings (SSSR count). The summed E-state index contributed by atoms with van der Waals surface area (Å²) in [4.78, 5) is -2.58. The summed E-state index contributed by atoms with van der Waals surface area (Å²) in [6.07, 6.45) is 0. The van der Waals surface area contributed by atoms with E-state index in [0.29, 0.717) is 5.39 Å². The molecule has 182 valence electrons. The molecule has 35 heavy (non-hydrogen) atoms. The molecule has 0 aliphatic rings. The van der Waals surface area contributed by atoms with Crippen LogP contribution in [0.3, 0.4) is 0 Å². The fourth-order valence-electron chi connectivity index (χ4n) is 3.52. The molecule has 4 N–H and O–H groups in total. The van der Waals surface area contributed by atoms with Gasteiger partial charge >= 0.3 is 0 Å². The molecule has 12 nitrogen and oxygen atoms in total. The van der Waals surface area contributed by atoms with E-state index < -0.39 is 45.9 Å². The van der Waals surface area contributed by atoms with E-state index in [2.05, 4.69) is 10.2 Å². The summed E-state index contributed by atoms with van der Waals surface area (Å²) in [6, 6.07) is 13.0. The Morgan fingerprint density at radius 2 is 1.23 bits per heavy atom. The Morgan fingerprint density at radius 3 is 1.83 bits per heavy atom. The van der Waals surface area contributed by atoms with Crippen LogP contribution in [0.25, 0.3) is 21.5 Å². The van der Waals surface area contributed by atoms with E-state index in [1.54, 1.807) is 18.2 Å². The highest BCUT2D eigenvalue weighted by Gasteiger charge is 2.27. The van der Waals surface area contributed by atoms with Gasteiger partial charge in [0.05, 0.1) is 11.4 Å². The number of nitrogens with zero attached hydrogens (tertiary/aromatic N) is 2. The van der Waals surface area contributed by atoms with Crippen molar-refractivity contribution in [2.45, 2.75) is 14.7 Å². The standard InChI is InChI=1S/C20H14N2O10S3/c23-19-18(34(27,28)29)10-11-9-12(5-6-13(11)20(19)35(30,31)32)21-22-16-7-8-17(33(24,25)26)15-4-2-1-3-14(15)16/h1-10,23H,(H,24,25,26)(H,27,28,29)(H,30,31,32). The Balaban J connectivity index is 1.90. The molecule has 0 atom stereocenters. The van der Waals surface area contributed by atoms with Crippen molar-refractivity contribution in [1.29, 1.82) is 0 Å². The molecular formula is C20H14N2O10S3. The number of rotatable bonds is 5. The van der Waals surface area contributed by atoms with Crippen molar-refractivity contribution in [3.63, 3.8) is 0 Å². The lowest BCUT2D eigenvalue weighted by Gasteiger charge is -2.10. The van der Waals surface area contributed by atoms with Gasteiger partial charge in [-0.2, -0.15) is 30.4 Å². The highest BCUT2D eigenvalue weighted by atomic mass is 32.2. The number of phenols is 1. The quantitative estimate of drug-likeness (QED) is 0.213. The molecule has 0 radical (unpaired) electrons. The normalized spacial score (nSPS) is 13.1. The van der Waals surface area contributed by atoms with Crippen molar-refractivity contribution in [2.24, 2.45) is 10.2 Å². The van der Waals surface area contributed by atoms with Gasteiger partial charge in [-0.25, -0.2) is 0 Å². The molecule has 0 saturated heterocycles.